The van der Waals surface area contributed by atoms with Crippen LogP contribution in [0.15, 0.2) is 23.1 Å². The summed E-state index contributed by atoms with van der Waals surface area (Å²) in [6, 6.07) is 3.11. The van der Waals surface area contributed by atoms with Crippen molar-refractivity contribution in [3.05, 3.63) is 29.0 Å². The molecule has 0 bridgehead atoms. The Morgan fingerprint density at radius 3 is 2.44 bits per heavy atom. The molecule has 1 aromatic carbocycles. The molecule has 0 amide bonds. The summed E-state index contributed by atoms with van der Waals surface area (Å²) in [4.78, 5) is -0.165. The summed E-state index contributed by atoms with van der Waals surface area (Å²) in [7, 11) is -3.81. The first-order valence-electron chi connectivity index (χ1n) is 4.87. The molecule has 3 N–H and O–H groups in total. The van der Waals surface area contributed by atoms with Gasteiger partial charge in [-0.15, -0.1) is 12.4 Å². The van der Waals surface area contributed by atoms with Gasteiger partial charge in [-0.2, -0.15) is 0 Å². The van der Waals surface area contributed by atoms with Crippen LogP contribution in [0.4, 0.5) is 4.39 Å². The smallest absolute Gasteiger partial charge is 0.242 e. The van der Waals surface area contributed by atoms with Crippen LogP contribution in [-0.4, -0.2) is 20.5 Å². The molecule has 1 rings (SSSR count). The fourth-order valence-electron chi connectivity index (χ4n) is 1.15. The first-order valence-corrected chi connectivity index (χ1v) is 6.73. The van der Waals surface area contributed by atoms with Gasteiger partial charge in [0.2, 0.25) is 10.0 Å². The van der Waals surface area contributed by atoms with E-state index in [9.17, 15) is 12.8 Å². The molecule has 1 aromatic rings. The van der Waals surface area contributed by atoms with Crippen LogP contribution < -0.4 is 10.5 Å². The minimum absolute atomic E-state index is 0. The van der Waals surface area contributed by atoms with Crippen molar-refractivity contribution in [1.82, 2.24) is 4.72 Å². The lowest BCUT2D eigenvalue weighted by molar-refractivity contribution is 0.462. The highest BCUT2D eigenvalue weighted by atomic mass is 35.5. The highest BCUT2D eigenvalue weighted by molar-refractivity contribution is 7.89. The third-order valence-corrected chi connectivity index (χ3v) is 4.29. The number of nitrogens with one attached hydrogen (secondary N) is 1. The second kappa shape index (κ2) is 6.16. The molecule has 104 valence electrons. The molecule has 0 spiro atoms. The Morgan fingerprint density at radius 1 is 1.44 bits per heavy atom. The van der Waals surface area contributed by atoms with Gasteiger partial charge in [0.25, 0.3) is 0 Å². The molecule has 8 heteroatoms. The predicted octanol–water partition coefficient (Wildman–Crippen LogP) is 1.92. The third kappa shape index (κ3) is 4.37. The maximum atomic E-state index is 12.8. The van der Waals surface area contributed by atoms with Crippen LogP contribution in [0.25, 0.3) is 0 Å². The molecule has 0 atom stereocenters. The molecular formula is C10H15Cl2FN2O2S. The maximum Gasteiger partial charge on any atom is 0.242 e. The van der Waals surface area contributed by atoms with E-state index in [0.717, 1.165) is 18.2 Å². The second-order valence-electron chi connectivity index (χ2n) is 4.27. The third-order valence-electron chi connectivity index (χ3n) is 2.10. The fourth-order valence-corrected chi connectivity index (χ4v) is 3.11. The van der Waals surface area contributed by atoms with Crippen LogP contribution in [-0.2, 0) is 10.0 Å². The van der Waals surface area contributed by atoms with Crippen LogP contribution >= 0.6 is 24.0 Å². The lowest BCUT2D eigenvalue weighted by atomic mass is 10.1. The van der Waals surface area contributed by atoms with Crippen LogP contribution in [0.5, 0.6) is 0 Å². The van der Waals surface area contributed by atoms with Gasteiger partial charge in [-0.1, -0.05) is 11.6 Å². The van der Waals surface area contributed by atoms with E-state index in [2.05, 4.69) is 4.72 Å². The van der Waals surface area contributed by atoms with Gasteiger partial charge in [-0.05, 0) is 32.0 Å². The van der Waals surface area contributed by atoms with Crippen molar-refractivity contribution in [2.75, 3.05) is 6.54 Å². The van der Waals surface area contributed by atoms with Crippen molar-refractivity contribution in [3.63, 3.8) is 0 Å². The van der Waals surface area contributed by atoms with E-state index in [1.807, 2.05) is 0 Å². The number of hydrogen-bond donors (Lipinski definition) is 2. The summed E-state index contributed by atoms with van der Waals surface area (Å²) in [5.74, 6) is -0.591. The van der Waals surface area contributed by atoms with Crippen molar-refractivity contribution < 1.29 is 12.8 Å². The zero-order chi connectivity index (χ0) is 13.3. The van der Waals surface area contributed by atoms with Crippen molar-refractivity contribution in [1.29, 1.82) is 0 Å². The average molecular weight is 317 g/mol. The van der Waals surface area contributed by atoms with E-state index < -0.39 is 21.4 Å². The van der Waals surface area contributed by atoms with Crippen LogP contribution in [0.1, 0.15) is 13.8 Å². The van der Waals surface area contributed by atoms with Gasteiger partial charge < -0.3 is 5.73 Å². The SMILES string of the molecule is CC(C)(CN)NS(=O)(=O)c1ccc(F)cc1Cl.Cl. The molecular weight excluding hydrogens is 302 g/mol. The molecule has 0 radical (unpaired) electrons. The number of hydrogen-bond acceptors (Lipinski definition) is 3. The van der Waals surface area contributed by atoms with Gasteiger partial charge in [-0.3, -0.25) is 0 Å². The van der Waals surface area contributed by atoms with Crippen LogP contribution in [0.2, 0.25) is 5.02 Å². The fraction of sp³-hybridized carbons (Fsp3) is 0.400. The van der Waals surface area contributed by atoms with Crippen molar-refractivity contribution in [3.8, 4) is 0 Å². The van der Waals surface area contributed by atoms with Gasteiger partial charge >= 0.3 is 0 Å². The van der Waals surface area contributed by atoms with Gasteiger partial charge in [0, 0.05) is 12.1 Å². The van der Waals surface area contributed by atoms with Crippen molar-refractivity contribution in [2.24, 2.45) is 5.73 Å². The number of sulfonamides is 1. The summed E-state index contributed by atoms with van der Waals surface area (Å²) in [5, 5.41) is -0.162. The molecule has 0 aromatic heterocycles. The molecule has 0 aliphatic rings. The van der Waals surface area contributed by atoms with Gasteiger partial charge in [-0.25, -0.2) is 17.5 Å². The number of rotatable bonds is 4. The Kier molecular flexibility index (Phi) is 6.03. The molecule has 0 unspecified atom stereocenters. The van der Waals surface area contributed by atoms with E-state index in [1.54, 1.807) is 13.8 Å². The summed E-state index contributed by atoms with van der Waals surface area (Å²) < 4.78 is 39.1. The molecule has 0 saturated carbocycles. The number of nitrogens with two attached hydrogens (primary N) is 1. The summed E-state index contributed by atoms with van der Waals surface area (Å²) in [5.41, 5.74) is 4.64. The van der Waals surface area contributed by atoms with E-state index in [-0.39, 0.29) is 28.9 Å². The van der Waals surface area contributed by atoms with Crippen LogP contribution in [0.3, 0.4) is 0 Å². The Bertz CT molecular complexity index is 521. The topological polar surface area (TPSA) is 72.2 Å². The average Bonchev–Trinajstić information content (AvgIpc) is 2.15. The highest BCUT2D eigenvalue weighted by Crippen LogP contribution is 2.23. The quantitative estimate of drug-likeness (QED) is 0.891. The molecule has 18 heavy (non-hydrogen) atoms. The normalized spacial score (nSPS) is 12.1. The summed E-state index contributed by atoms with van der Waals surface area (Å²) >= 11 is 5.70. The van der Waals surface area contributed by atoms with Crippen molar-refractivity contribution >= 4 is 34.0 Å². The molecule has 0 aliphatic heterocycles. The standard InChI is InChI=1S/C10H14ClFN2O2S.ClH/c1-10(2,6-13)14-17(15,16)9-4-3-7(12)5-8(9)11;/h3-5,14H,6,13H2,1-2H3;1H. The lowest BCUT2D eigenvalue weighted by Crippen LogP contribution is -2.48. The first-order chi connectivity index (χ1) is 7.68. The Morgan fingerprint density at radius 2 is 2.00 bits per heavy atom. The van der Waals surface area contributed by atoms with E-state index >= 15 is 0 Å². The molecule has 0 heterocycles. The van der Waals surface area contributed by atoms with E-state index in [1.165, 1.54) is 0 Å². The largest absolute Gasteiger partial charge is 0.329 e. The minimum atomic E-state index is -3.81. The van der Waals surface area contributed by atoms with Crippen molar-refractivity contribution in [2.45, 2.75) is 24.3 Å². The van der Waals surface area contributed by atoms with Gasteiger partial charge in [0.15, 0.2) is 0 Å². The Hall–Kier alpha value is -0.400. The molecule has 0 fully saturated rings. The predicted molar refractivity (Wildman–Crippen MR) is 72.1 cm³/mol. The molecule has 0 saturated heterocycles. The molecule has 4 nitrogen and oxygen atoms in total. The lowest BCUT2D eigenvalue weighted by Gasteiger charge is -2.24. The first kappa shape index (κ1) is 17.6. The Balaban J connectivity index is 0.00000289. The second-order valence-corrected chi connectivity index (χ2v) is 6.33. The maximum absolute atomic E-state index is 12.8. The zero-order valence-electron chi connectivity index (χ0n) is 9.91. The zero-order valence-corrected chi connectivity index (χ0v) is 12.3. The van der Waals surface area contributed by atoms with Gasteiger partial charge in [0.05, 0.1) is 5.02 Å². The Labute approximate surface area is 117 Å². The van der Waals surface area contributed by atoms with E-state index in [0.29, 0.717) is 0 Å². The number of benzene rings is 1. The number of halogens is 3. The molecule has 0 aliphatic carbocycles. The summed E-state index contributed by atoms with van der Waals surface area (Å²) in [6.45, 7) is 3.41. The van der Waals surface area contributed by atoms with E-state index in [4.69, 9.17) is 17.3 Å². The summed E-state index contributed by atoms with van der Waals surface area (Å²) in [6.07, 6.45) is 0. The minimum Gasteiger partial charge on any atom is -0.329 e. The van der Waals surface area contributed by atoms with Crippen LogP contribution in [0, 0.1) is 5.82 Å². The monoisotopic (exact) mass is 316 g/mol. The van der Waals surface area contributed by atoms with Gasteiger partial charge in [0.1, 0.15) is 10.7 Å². The highest BCUT2D eigenvalue weighted by Gasteiger charge is 2.26.